The van der Waals surface area contributed by atoms with Crippen molar-refractivity contribution >= 4 is 65.1 Å². The number of rotatable bonds is 2. The molecule has 0 radical (unpaired) electrons. The summed E-state index contributed by atoms with van der Waals surface area (Å²) in [5.41, 5.74) is 7.43. The maximum absolute atomic E-state index is 12.2. The fourth-order valence-electron chi connectivity index (χ4n) is 1.50. The van der Waals surface area contributed by atoms with Crippen LogP contribution >= 0.6 is 47.8 Å². The van der Waals surface area contributed by atoms with Gasteiger partial charge in [0.15, 0.2) is 0 Å². The van der Waals surface area contributed by atoms with Gasteiger partial charge in [-0.25, -0.2) is 0 Å². The third-order valence-electron chi connectivity index (χ3n) is 2.41. The molecule has 0 aliphatic rings. The lowest BCUT2D eigenvalue weighted by atomic mass is 10.2. The van der Waals surface area contributed by atoms with E-state index in [-0.39, 0.29) is 5.91 Å². The van der Waals surface area contributed by atoms with Crippen molar-refractivity contribution in [1.29, 1.82) is 0 Å². The van der Waals surface area contributed by atoms with Crippen LogP contribution in [-0.4, -0.2) is 5.91 Å². The van der Waals surface area contributed by atoms with Crippen LogP contribution in [0.4, 0.5) is 11.4 Å². The van der Waals surface area contributed by atoms with Crippen LogP contribution in [0.3, 0.4) is 0 Å². The molecule has 0 heterocycles. The zero-order chi connectivity index (χ0) is 14.0. The summed E-state index contributed by atoms with van der Waals surface area (Å²) in [6.45, 7) is 0. The summed E-state index contributed by atoms with van der Waals surface area (Å²) >= 11 is 10.1. The Hall–Kier alpha value is -0.850. The number of hydrogen-bond acceptors (Lipinski definition) is 2. The molecule has 0 aromatic heterocycles. The number of benzene rings is 2. The monoisotopic (exact) mass is 446 g/mol. The number of carbonyl (C=O) groups is 1. The molecule has 0 atom stereocenters. The Morgan fingerprint density at radius 2 is 1.74 bits per heavy atom. The lowest BCUT2D eigenvalue weighted by Gasteiger charge is -2.09. The van der Waals surface area contributed by atoms with Gasteiger partial charge in [-0.3, -0.25) is 4.79 Å². The van der Waals surface area contributed by atoms with Gasteiger partial charge in [0.25, 0.3) is 5.91 Å². The van der Waals surface area contributed by atoms with E-state index in [0.29, 0.717) is 21.4 Å². The molecule has 3 N–H and O–H groups in total. The van der Waals surface area contributed by atoms with Gasteiger partial charge in [0.2, 0.25) is 0 Å². The molecule has 2 aromatic carbocycles. The molecule has 0 spiro atoms. The first-order valence-corrected chi connectivity index (χ1v) is 7.66. The van der Waals surface area contributed by atoms with Crippen LogP contribution in [0, 0.1) is 0 Å². The zero-order valence-corrected chi connectivity index (χ0v) is 14.3. The molecule has 0 saturated heterocycles. The quantitative estimate of drug-likeness (QED) is 0.648. The van der Waals surface area contributed by atoms with Crippen molar-refractivity contribution in [3.63, 3.8) is 0 Å². The summed E-state index contributed by atoms with van der Waals surface area (Å²) < 4.78 is 2.44. The first kappa shape index (κ1) is 14.6. The highest BCUT2D eigenvalue weighted by molar-refractivity contribution is 9.11. The number of nitrogens with two attached hydrogens (primary N) is 1. The van der Waals surface area contributed by atoms with E-state index in [0.717, 1.165) is 8.95 Å². The number of anilines is 2. The summed E-state index contributed by atoms with van der Waals surface area (Å²) in [6, 6.07) is 10.6. The zero-order valence-electron chi connectivity index (χ0n) is 9.58. The third kappa shape index (κ3) is 3.58. The maximum Gasteiger partial charge on any atom is 0.256 e. The molecule has 3 nitrogen and oxygen atoms in total. The lowest BCUT2D eigenvalue weighted by Crippen LogP contribution is -2.13. The van der Waals surface area contributed by atoms with E-state index < -0.39 is 0 Å². The Bertz CT molecular complexity index is 644. The third-order valence-corrected chi connectivity index (χ3v) is 4.26. The van der Waals surface area contributed by atoms with Crippen LogP contribution in [0.2, 0.25) is 0 Å². The molecule has 98 valence electrons. The van der Waals surface area contributed by atoms with Crippen molar-refractivity contribution in [3.8, 4) is 0 Å². The van der Waals surface area contributed by atoms with Crippen molar-refractivity contribution in [3.05, 3.63) is 55.4 Å². The van der Waals surface area contributed by atoms with Crippen LogP contribution < -0.4 is 11.1 Å². The fourth-order valence-corrected chi connectivity index (χ4v) is 3.07. The molecule has 0 aliphatic heterocycles. The Labute approximate surface area is 136 Å². The number of carbonyl (C=O) groups excluding carboxylic acids is 1. The molecule has 19 heavy (non-hydrogen) atoms. The predicted molar refractivity (Wildman–Crippen MR) is 88.3 cm³/mol. The maximum atomic E-state index is 12.2. The molecule has 0 aliphatic carbocycles. The van der Waals surface area contributed by atoms with E-state index in [1.54, 1.807) is 18.2 Å². The van der Waals surface area contributed by atoms with E-state index in [1.165, 1.54) is 0 Å². The van der Waals surface area contributed by atoms with E-state index in [1.807, 2.05) is 18.2 Å². The van der Waals surface area contributed by atoms with Crippen LogP contribution in [0.5, 0.6) is 0 Å². The topological polar surface area (TPSA) is 55.1 Å². The minimum absolute atomic E-state index is 0.220. The standard InChI is InChI=1S/C13H9Br3N2O/c14-7-1-4-12(11(16)5-7)18-13(19)9-6-8(17)2-3-10(9)15/h1-6H,17H2,(H,18,19). The van der Waals surface area contributed by atoms with Crippen molar-refractivity contribution in [2.24, 2.45) is 0 Å². The fraction of sp³-hybridized carbons (Fsp3) is 0. The largest absolute Gasteiger partial charge is 0.399 e. The molecule has 0 bridgehead atoms. The Balaban J connectivity index is 2.28. The molecule has 0 fully saturated rings. The highest BCUT2D eigenvalue weighted by atomic mass is 79.9. The molecular weight excluding hydrogens is 440 g/mol. The van der Waals surface area contributed by atoms with Crippen molar-refractivity contribution in [1.82, 2.24) is 0 Å². The highest BCUT2D eigenvalue weighted by Gasteiger charge is 2.12. The molecular formula is C13H9Br3N2O. The van der Waals surface area contributed by atoms with E-state index >= 15 is 0 Å². The average molecular weight is 449 g/mol. The van der Waals surface area contributed by atoms with E-state index in [9.17, 15) is 4.79 Å². The summed E-state index contributed by atoms with van der Waals surface area (Å²) in [4.78, 5) is 12.2. The average Bonchev–Trinajstić information content (AvgIpc) is 2.35. The van der Waals surface area contributed by atoms with Gasteiger partial charge in [-0.1, -0.05) is 15.9 Å². The highest BCUT2D eigenvalue weighted by Crippen LogP contribution is 2.27. The second-order valence-corrected chi connectivity index (χ2v) is 6.44. The van der Waals surface area contributed by atoms with Gasteiger partial charge in [0.05, 0.1) is 11.3 Å². The molecule has 2 rings (SSSR count). The van der Waals surface area contributed by atoms with Gasteiger partial charge in [0, 0.05) is 19.1 Å². The van der Waals surface area contributed by atoms with Crippen molar-refractivity contribution in [2.75, 3.05) is 11.1 Å². The second kappa shape index (κ2) is 6.07. The van der Waals surface area contributed by atoms with E-state index in [4.69, 9.17) is 5.73 Å². The Morgan fingerprint density at radius 3 is 2.42 bits per heavy atom. The first-order chi connectivity index (χ1) is 8.97. The van der Waals surface area contributed by atoms with Gasteiger partial charge in [-0.2, -0.15) is 0 Å². The lowest BCUT2D eigenvalue weighted by molar-refractivity contribution is 0.102. The minimum atomic E-state index is -0.220. The van der Waals surface area contributed by atoms with Crippen molar-refractivity contribution < 1.29 is 4.79 Å². The second-order valence-electron chi connectivity index (χ2n) is 3.82. The smallest absolute Gasteiger partial charge is 0.256 e. The van der Waals surface area contributed by atoms with Gasteiger partial charge >= 0.3 is 0 Å². The van der Waals surface area contributed by atoms with Crippen LogP contribution in [-0.2, 0) is 0 Å². The molecule has 0 unspecified atom stereocenters. The van der Waals surface area contributed by atoms with Crippen LogP contribution in [0.1, 0.15) is 10.4 Å². The number of amides is 1. The predicted octanol–water partition coefficient (Wildman–Crippen LogP) is 4.81. The number of hydrogen-bond donors (Lipinski definition) is 2. The molecule has 0 saturated carbocycles. The summed E-state index contributed by atoms with van der Waals surface area (Å²) in [7, 11) is 0. The number of nitrogen functional groups attached to an aromatic ring is 1. The molecule has 2 aromatic rings. The molecule has 1 amide bonds. The number of halogens is 3. The molecule has 6 heteroatoms. The number of nitrogens with one attached hydrogen (secondary N) is 1. The van der Waals surface area contributed by atoms with Gasteiger partial charge < -0.3 is 11.1 Å². The first-order valence-electron chi connectivity index (χ1n) is 5.29. The summed E-state index contributed by atoms with van der Waals surface area (Å²) in [6.07, 6.45) is 0. The van der Waals surface area contributed by atoms with Gasteiger partial charge in [-0.15, -0.1) is 0 Å². The minimum Gasteiger partial charge on any atom is -0.399 e. The summed E-state index contributed by atoms with van der Waals surface area (Å²) in [5, 5.41) is 2.83. The van der Waals surface area contributed by atoms with Gasteiger partial charge in [-0.05, 0) is 68.3 Å². The Kier molecular flexibility index (Phi) is 4.65. The van der Waals surface area contributed by atoms with Crippen LogP contribution in [0.15, 0.2) is 49.8 Å². The van der Waals surface area contributed by atoms with Gasteiger partial charge in [0.1, 0.15) is 0 Å². The summed E-state index contributed by atoms with van der Waals surface area (Å²) in [5.74, 6) is -0.220. The van der Waals surface area contributed by atoms with Crippen molar-refractivity contribution in [2.45, 2.75) is 0 Å². The normalized spacial score (nSPS) is 10.3. The SMILES string of the molecule is Nc1ccc(Br)c(C(=O)Nc2ccc(Br)cc2Br)c1. The van der Waals surface area contributed by atoms with E-state index in [2.05, 4.69) is 53.1 Å². The van der Waals surface area contributed by atoms with Crippen LogP contribution in [0.25, 0.3) is 0 Å². The Morgan fingerprint density at radius 1 is 1.00 bits per heavy atom.